The molecule has 0 fully saturated rings. The fourth-order valence-electron chi connectivity index (χ4n) is 1.05. The van der Waals surface area contributed by atoms with Crippen molar-refractivity contribution in [2.45, 2.75) is 6.42 Å². The first kappa shape index (κ1) is 13.3. The zero-order chi connectivity index (χ0) is 12.8. The summed E-state index contributed by atoms with van der Waals surface area (Å²) in [5, 5.41) is 8.40. The van der Waals surface area contributed by atoms with Crippen molar-refractivity contribution in [1.82, 2.24) is 0 Å². The van der Waals surface area contributed by atoms with E-state index in [2.05, 4.69) is 6.58 Å². The average Bonchev–Trinajstić information content (AvgIpc) is 2.29. The van der Waals surface area contributed by atoms with Gasteiger partial charge in [0, 0.05) is 12.0 Å². The molecule has 1 N–H and O–H groups in total. The van der Waals surface area contributed by atoms with Crippen molar-refractivity contribution in [3.8, 4) is 5.75 Å². The van der Waals surface area contributed by atoms with Crippen LogP contribution in [0, 0.1) is 0 Å². The van der Waals surface area contributed by atoms with Crippen LogP contribution in [0.15, 0.2) is 36.4 Å². The molecule has 17 heavy (non-hydrogen) atoms. The van der Waals surface area contributed by atoms with E-state index in [1.807, 2.05) is 0 Å². The maximum absolute atomic E-state index is 11.5. The molecule has 0 spiro atoms. The zero-order valence-electron chi connectivity index (χ0n) is 8.98. The number of carbonyl (C=O) groups excluding carboxylic acids is 2. The van der Waals surface area contributed by atoms with Crippen molar-refractivity contribution < 1.29 is 19.4 Å². The highest BCUT2D eigenvalue weighted by atomic mass is 35.5. The number of carbonyl (C=O) groups is 2. The van der Waals surface area contributed by atoms with E-state index in [1.54, 1.807) is 0 Å². The summed E-state index contributed by atoms with van der Waals surface area (Å²) in [4.78, 5) is 22.1. The number of ether oxygens (including phenoxy) is 1. The molecule has 0 saturated carbocycles. The minimum Gasteiger partial charge on any atom is -0.508 e. The Morgan fingerprint density at radius 1 is 1.29 bits per heavy atom. The van der Waals surface area contributed by atoms with Gasteiger partial charge in [0.2, 0.25) is 5.24 Å². The summed E-state index contributed by atoms with van der Waals surface area (Å²) in [6, 6.07) is 5.66. The fourth-order valence-corrected chi connectivity index (χ4v) is 1.14. The molecule has 1 aromatic carbocycles. The van der Waals surface area contributed by atoms with Gasteiger partial charge in [-0.3, -0.25) is 4.79 Å². The van der Waals surface area contributed by atoms with Crippen molar-refractivity contribution in [2.75, 3.05) is 6.61 Å². The van der Waals surface area contributed by atoms with Gasteiger partial charge in [0.25, 0.3) is 0 Å². The van der Waals surface area contributed by atoms with Gasteiger partial charge in [0.1, 0.15) is 5.75 Å². The van der Waals surface area contributed by atoms with Crippen LogP contribution in [-0.4, -0.2) is 22.9 Å². The molecular formula is C12H11ClO4. The lowest BCUT2D eigenvalue weighted by Crippen LogP contribution is -2.07. The Hall–Kier alpha value is -1.81. The van der Waals surface area contributed by atoms with Crippen molar-refractivity contribution >= 4 is 22.8 Å². The van der Waals surface area contributed by atoms with Crippen molar-refractivity contribution in [2.24, 2.45) is 0 Å². The number of hydrogen-bond donors (Lipinski definition) is 1. The minimum absolute atomic E-state index is 0.0387. The molecule has 5 heteroatoms. The van der Waals surface area contributed by atoms with Gasteiger partial charge in [-0.15, -0.1) is 0 Å². The van der Waals surface area contributed by atoms with Crippen LogP contribution in [0.5, 0.6) is 5.75 Å². The van der Waals surface area contributed by atoms with Crippen molar-refractivity contribution in [1.29, 1.82) is 0 Å². The average molecular weight is 255 g/mol. The van der Waals surface area contributed by atoms with Crippen LogP contribution >= 0.6 is 11.6 Å². The highest BCUT2D eigenvalue weighted by Gasteiger charge is 2.08. The van der Waals surface area contributed by atoms with Gasteiger partial charge >= 0.3 is 5.97 Å². The van der Waals surface area contributed by atoms with Gasteiger partial charge in [0.05, 0.1) is 12.2 Å². The van der Waals surface area contributed by atoms with Crippen LogP contribution in [0.4, 0.5) is 0 Å². The normalized spacial score (nSPS) is 9.71. The lowest BCUT2D eigenvalue weighted by molar-refractivity contribution is -0.108. The molecule has 0 amide bonds. The Labute approximate surface area is 103 Å². The highest BCUT2D eigenvalue weighted by Crippen LogP contribution is 2.11. The third-order valence-electron chi connectivity index (χ3n) is 2.02. The monoisotopic (exact) mass is 254 g/mol. The van der Waals surface area contributed by atoms with Crippen LogP contribution in [0.3, 0.4) is 0 Å². The molecule has 0 aliphatic carbocycles. The van der Waals surface area contributed by atoms with Crippen LogP contribution in [-0.2, 0) is 9.53 Å². The maximum Gasteiger partial charge on any atom is 0.338 e. The van der Waals surface area contributed by atoms with Crippen LogP contribution in [0.2, 0.25) is 0 Å². The van der Waals surface area contributed by atoms with Gasteiger partial charge in [-0.1, -0.05) is 6.58 Å². The first-order valence-electron chi connectivity index (χ1n) is 4.84. The molecule has 0 heterocycles. The number of rotatable bonds is 5. The summed E-state index contributed by atoms with van der Waals surface area (Å²) in [6.07, 6.45) is 0.201. The molecule has 4 nitrogen and oxygen atoms in total. The van der Waals surface area contributed by atoms with E-state index in [0.29, 0.717) is 5.56 Å². The number of halogens is 1. The Bertz CT molecular complexity index is 436. The largest absolute Gasteiger partial charge is 0.508 e. The number of aromatic hydroxyl groups is 1. The van der Waals surface area contributed by atoms with Gasteiger partial charge in [-0.2, -0.15) is 0 Å². The molecule has 0 unspecified atom stereocenters. The number of phenolic OH excluding ortho intramolecular Hbond substituents is 1. The predicted octanol–water partition coefficient (Wildman–Crippen LogP) is 2.26. The second-order valence-electron chi connectivity index (χ2n) is 3.31. The second-order valence-corrected chi connectivity index (χ2v) is 3.65. The summed E-state index contributed by atoms with van der Waals surface area (Å²) < 4.78 is 4.90. The summed E-state index contributed by atoms with van der Waals surface area (Å²) in [7, 11) is 0. The first-order valence-corrected chi connectivity index (χ1v) is 5.22. The van der Waals surface area contributed by atoms with E-state index < -0.39 is 11.2 Å². The standard InChI is InChI=1S/C12H11ClO4/c1-8(11(13)15)6-7-17-12(16)9-2-4-10(14)5-3-9/h2-5,14H,1,6-7H2. The smallest absolute Gasteiger partial charge is 0.338 e. The molecule has 0 aliphatic rings. The van der Waals surface area contributed by atoms with Gasteiger partial charge in [-0.25, -0.2) is 4.79 Å². The van der Waals surface area contributed by atoms with Crippen LogP contribution < -0.4 is 0 Å². The third-order valence-corrected chi connectivity index (χ3v) is 2.29. The molecule has 0 saturated heterocycles. The number of esters is 1. The molecule has 0 radical (unpaired) electrons. The summed E-state index contributed by atoms with van der Waals surface area (Å²) in [5.74, 6) is -0.456. The SMILES string of the molecule is C=C(CCOC(=O)c1ccc(O)cc1)C(=O)Cl. The van der Waals surface area contributed by atoms with E-state index in [0.717, 1.165) is 0 Å². The number of benzene rings is 1. The Morgan fingerprint density at radius 3 is 2.41 bits per heavy atom. The van der Waals surface area contributed by atoms with Gasteiger partial charge in [0.15, 0.2) is 0 Å². The molecule has 1 aromatic rings. The summed E-state index contributed by atoms with van der Waals surface area (Å²) >= 11 is 5.17. The van der Waals surface area contributed by atoms with Crippen molar-refractivity contribution in [3.05, 3.63) is 42.0 Å². The van der Waals surface area contributed by atoms with E-state index in [-0.39, 0.29) is 24.4 Å². The molecule has 0 atom stereocenters. The molecule has 0 aliphatic heterocycles. The van der Waals surface area contributed by atoms with Crippen LogP contribution in [0.1, 0.15) is 16.8 Å². The van der Waals surface area contributed by atoms with E-state index in [9.17, 15) is 9.59 Å². The lowest BCUT2D eigenvalue weighted by atomic mass is 10.2. The topological polar surface area (TPSA) is 63.6 Å². The maximum atomic E-state index is 11.5. The lowest BCUT2D eigenvalue weighted by Gasteiger charge is -2.04. The van der Waals surface area contributed by atoms with Crippen molar-refractivity contribution in [3.63, 3.8) is 0 Å². The summed E-state index contributed by atoms with van der Waals surface area (Å²) in [5.41, 5.74) is 0.524. The zero-order valence-corrected chi connectivity index (χ0v) is 9.74. The number of hydrogen-bond acceptors (Lipinski definition) is 4. The molecule has 0 bridgehead atoms. The second kappa shape index (κ2) is 6.06. The molecular weight excluding hydrogens is 244 g/mol. The van der Waals surface area contributed by atoms with E-state index in [4.69, 9.17) is 21.4 Å². The quantitative estimate of drug-likeness (QED) is 0.497. The fraction of sp³-hybridized carbons (Fsp3) is 0.167. The Morgan fingerprint density at radius 2 is 1.88 bits per heavy atom. The predicted molar refractivity (Wildman–Crippen MR) is 63.0 cm³/mol. The highest BCUT2D eigenvalue weighted by molar-refractivity contribution is 6.67. The van der Waals surface area contributed by atoms with Crippen LogP contribution in [0.25, 0.3) is 0 Å². The number of phenols is 1. The summed E-state index contributed by atoms with van der Waals surface area (Å²) in [6.45, 7) is 3.47. The molecule has 0 aromatic heterocycles. The molecule has 90 valence electrons. The minimum atomic E-state index is -0.634. The third kappa shape index (κ3) is 4.28. The molecule has 1 rings (SSSR count). The first-order chi connectivity index (χ1) is 8.00. The Kier molecular flexibility index (Phi) is 4.72. The van der Waals surface area contributed by atoms with E-state index >= 15 is 0 Å². The Balaban J connectivity index is 2.43. The van der Waals surface area contributed by atoms with Gasteiger partial charge < -0.3 is 9.84 Å². The van der Waals surface area contributed by atoms with E-state index in [1.165, 1.54) is 24.3 Å². The van der Waals surface area contributed by atoms with Gasteiger partial charge in [-0.05, 0) is 35.9 Å².